The normalized spacial score (nSPS) is 19.3. The monoisotopic (exact) mass is 407 g/mol. The molecule has 0 radical (unpaired) electrons. The SMILES string of the molecule is CCOc1cc(C=O)ccc1OCC(=O)N1c2ccccc2S[C@H]2C=CC=C[C@@H]21. The van der Waals surface area contributed by atoms with E-state index in [0.29, 0.717) is 23.7 Å². The smallest absolute Gasteiger partial charge is 0.265 e. The van der Waals surface area contributed by atoms with Crippen LogP contribution in [0.25, 0.3) is 0 Å². The van der Waals surface area contributed by atoms with Crippen molar-refractivity contribution in [1.29, 1.82) is 0 Å². The van der Waals surface area contributed by atoms with E-state index in [-0.39, 0.29) is 23.8 Å². The molecule has 2 aromatic carbocycles. The number of carbonyl (C=O) groups is 2. The Balaban J connectivity index is 1.57. The number of thioether (sulfide) groups is 1. The molecule has 0 saturated carbocycles. The van der Waals surface area contributed by atoms with Crippen molar-refractivity contribution < 1.29 is 19.1 Å². The maximum Gasteiger partial charge on any atom is 0.265 e. The van der Waals surface area contributed by atoms with Crippen LogP contribution in [-0.2, 0) is 4.79 Å². The fourth-order valence-corrected chi connectivity index (χ4v) is 4.73. The van der Waals surface area contributed by atoms with Gasteiger partial charge in [-0.1, -0.05) is 36.4 Å². The summed E-state index contributed by atoms with van der Waals surface area (Å²) in [5.41, 5.74) is 1.39. The molecule has 0 saturated heterocycles. The first-order valence-electron chi connectivity index (χ1n) is 9.49. The van der Waals surface area contributed by atoms with Gasteiger partial charge < -0.3 is 9.47 Å². The average Bonchev–Trinajstić information content (AvgIpc) is 2.76. The highest BCUT2D eigenvalue weighted by molar-refractivity contribution is 8.00. The number of benzene rings is 2. The maximum absolute atomic E-state index is 13.2. The molecule has 1 aliphatic heterocycles. The summed E-state index contributed by atoms with van der Waals surface area (Å²) in [6, 6.07) is 12.8. The van der Waals surface area contributed by atoms with E-state index in [1.807, 2.05) is 48.2 Å². The van der Waals surface area contributed by atoms with Gasteiger partial charge in [0, 0.05) is 10.5 Å². The highest BCUT2D eigenvalue weighted by Crippen LogP contribution is 2.43. The van der Waals surface area contributed by atoms with Gasteiger partial charge in [-0.05, 0) is 37.3 Å². The molecule has 1 heterocycles. The van der Waals surface area contributed by atoms with Crippen molar-refractivity contribution in [3.8, 4) is 11.5 Å². The predicted molar refractivity (Wildman–Crippen MR) is 114 cm³/mol. The molecule has 6 heteroatoms. The van der Waals surface area contributed by atoms with E-state index in [1.54, 1.807) is 30.0 Å². The molecule has 2 aliphatic rings. The summed E-state index contributed by atoms with van der Waals surface area (Å²) in [5, 5.41) is 0.171. The van der Waals surface area contributed by atoms with E-state index in [4.69, 9.17) is 9.47 Å². The fraction of sp³-hybridized carbons (Fsp3) is 0.217. The van der Waals surface area contributed by atoms with Gasteiger partial charge in [0.2, 0.25) is 0 Å². The number of aldehydes is 1. The van der Waals surface area contributed by atoms with Gasteiger partial charge in [0.25, 0.3) is 5.91 Å². The predicted octanol–water partition coefficient (Wildman–Crippen LogP) is 4.28. The van der Waals surface area contributed by atoms with Crippen LogP contribution in [0.5, 0.6) is 11.5 Å². The second kappa shape index (κ2) is 8.57. The van der Waals surface area contributed by atoms with Crippen molar-refractivity contribution in [2.24, 2.45) is 0 Å². The summed E-state index contributed by atoms with van der Waals surface area (Å²) < 4.78 is 11.4. The largest absolute Gasteiger partial charge is 0.490 e. The van der Waals surface area contributed by atoms with Gasteiger partial charge >= 0.3 is 0 Å². The first kappa shape index (κ1) is 19.3. The lowest BCUT2D eigenvalue weighted by atomic mass is 10.0. The lowest BCUT2D eigenvalue weighted by Gasteiger charge is -2.40. The van der Waals surface area contributed by atoms with E-state index in [9.17, 15) is 9.59 Å². The van der Waals surface area contributed by atoms with Gasteiger partial charge in [-0.2, -0.15) is 0 Å². The Hall–Kier alpha value is -2.99. The van der Waals surface area contributed by atoms with Crippen LogP contribution in [0.15, 0.2) is 71.7 Å². The van der Waals surface area contributed by atoms with E-state index in [2.05, 4.69) is 12.2 Å². The zero-order chi connectivity index (χ0) is 20.2. The van der Waals surface area contributed by atoms with Gasteiger partial charge in [-0.3, -0.25) is 14.5 Å². The van der Waals surface area contributed by atoms with E-state index >= 15 is 0 Å². The van der Waals surface area contributed by atoms with Crippen molar-refractivity contribution in [1.82, 2.24) is 0 Å². The molecule has 0 unspecified atom stereocenters. The number of rotatable bonds is 6. The summed E-state index contributed by atoms with van der Waals surface area (Å²) in [7, 11) is 0. The number of ether oxygens (including phenoxy) is 2. The molecule has 0 aromatic heterocycles. The molecule has 1 aliphatic carbocycles. The molecule has 29 heavy (non-hydrogen) atoms. The fourth-order valence-electron chi connectivity index (χ4n) is 3.48. The third kappa shape index (κ3) is 3.93. The van der Waals surface area contributed by atoms with Gasteiger partial charge in [-0.15, -0.1) is 11.8 Å². The summed E-state index contributed by atoms with van der Waals surface area (Å²) >= 11 is 1.76. The van der Waals surface area contributed by atoms with Crippen molar-refractivity contribution >= 4 is 29.6 Å². The van der Waals surface area contributed by atoms with E-state index in [1.165, 1.54) is 0 Å². The van der Waals surface area contributed by atoms with Crippen LogP contribution < -0.4 is 14.4 Å². The number of nitrogens with zero attached hydrogens (tertiary/aromatic N) is 1. The molecule has 2 atom stereocenters. The molecule has 0 N–H and O–H groups in total. The molecular formula is C23H21NO4S. The first-order valence-corrected chi connectivity index (χ1v) is 10.4. The van der Waals surface area contributed by atoms with Gasteiger partial charge in [-0.25, -0.2) is 0 Å². The van der Waals surface area contributed by atoms with Crippen molar-refractivity contribution in [3.05, 3.63) is 72.3 Å². The second-order valence-electron chi connectivity index (χ2n) is 6.62. The van der Waals surface area contributed by atoms with Crippen LogP contribution in [-0.4, -0.2) is 36.7 Å². The Labute approximate surface area is 174 Å². The van der Waals surface area contributed by atoms with Crippen LogP contribution in [0.3, 0.4) is 0 Å². The zero-order valence-electron chi connectivity index (χ0n) is 16.0. The molecule has 1 amide bonds. The van der Waals surface area contributed by atoms with Crippen molar-refractivity contribution in [2.45, 2.75) is 23.1 Å². The molecule has 0 bridgehead atoms. The lowest BCUT2D eigenvalue weighted by Crippen LogP contribution is -2.49. The second-order valence-corrected chi connectivity index (χ2v) is 7.84. The molecule has 2 aromatic rings. The third-order valence-electron chi connectivity index (χ3n) is 4.77. The molecule has 148 valence electrons. The van der Waals surface area contributed by atoms with Crippen molar-refractivity contribution in [3.63, 3.8) is 0 Å². The number of hydrogen-bond donors (Lipinski definition) is 0. The van der Waals surface area contributed by atoms with Crippen molar-refractivity contribution in [2.75, 3.05) is 18.1 Å². The minimum Gasteiger partial charge on any atom is -0.490 e. The van der Waals surface area contributed by atoms with Crippen LogP contribution in [0.2, 0.25) is 0 Å². The van der Waals surface area contributed by atoms with E-state index < -0.39 is 0 Å². The quantitative estimate of drug-likeness (QED) is 0.669. The number of amides is 1. The minimum absolute atomic E-state index is 0.0557. The number of allylic oxidation sites excluding steroid dienone is 2. The summed E-state index contributed by atoms with van der Waals surface area (Å²) in [6.45, 7) is 2.17. The molecule has 0 fully saturated rings. The Kier molecular flexibility index (Phi) is 5.71. The summed E-state index contributed by atoms with van der Waals surface area (Å²) in [4.78, 5) is 27.1. The number of hydrogen-bond acceptors (Lipinski definition) is 5. The summed E-state index contributed by atoms with van der Waals surface area (Å²) in [6.07, 6.45) is 8.92. The molecule has 4 rings (SSSR count). The third-order valence-corrected chi connectivity index (χ3v) is 6.07. The van der Waals surface area contributed by atoms with Crippen LogP contribution in [0.1, 0.15) is 17.3 Å². The number of anilines is 1. The Morgan fingerprint density at radius 1 is 1.10 bits per heavy atom. The van der Waals surface area contributed by atoms with Crippen LogP contribution in [0, 0.1) is 0 Å². The lowest BCUT2D eigenvalue weighted by molar-refractivity contribution is -0.120. The standard InChI is InChI=1S/C23H21NO4S/c1-2-27-20-13-16(14-25)11-12-19(20)28-15-23(26)24-17-7-3-5-9-21(17)29-22-10-6-4-8-18(22)24/h3-14,17,21H,2,15H2,1H3/t17-,21-/m0/s1. The Morgan fingerprint density at radius 3 is 2.76 bits per heavy atom. The zero-order valence-corrected chi connectivity index (χ0v) is 16.8. The van der Waals surface area contributed by atoms with Gasteiger partial charge in [0.15, 0.2) is 18.1 Å². The van der Waals surface area contributed by atoms with Crippen LogP contribution in [0.4, 0.5) is 5.69 Å². The van der Waals surface area contributed by atoms with Gasteiger partial charge in [0.1, 0.15) is 6.29 Å². The Bertz CT molecular complexity index is 985. The number of para-hydroxylation sites is 1. The average molecular weight is 407 g/mol. The topological polar surface area (TPSA) is 55.8 Å². The maximum atomic E-state index is 13.2. The highest BCUT2D eigenvalue weighted by Gasteiger charge is 2.36. The van der Waals surface area contributed by atoms with Crippen LogP contribution >= 0.6 is 11.8 Å². The molecule has 5 nitrogen and oxygen atoms in total. The Morgan fingerprint density at radius 2 is 1.93 bits per heavy atom. The van der Waals surface area contributed by atoms with E-state index in [0.717, 1.165) is 16.9 Å². The molecular weight excluding hydrogens is 386 g/mol. The minimum atomic E-state index is -0.130. The summed E-state index contributed by atoms with van der Waals surface area (Å²) in [5.74, 6) is 0.772. The highest BCUT2D eigenvalue weighted by atomic mass is 32.2. The van der Waals surface area contributed by atoms with Gasteiger partial charge in [0.05, 0.1) is 23.6 Å². The number of fused-ring (bicyclic) bond motifs is 2. The molecule has 0 spiro atoms. The number of carbonyl (C=O) groups excluding carboxylic acids is 2. The first-order chi connectivity index (χ1) is 14.2.